The molecular weight excluding hydrogens is 260 g/mol. The van der Waals surface area contributed by atoms with Crippen LogP contribution in [0.2, 0.25) is 5.15 Å². The SMILES string of the molecule is Cc1c(Cl)nc(-c2ccoc2)nc1-c1ccccc1. The molecule has 4 heteroatoms. The first-order valence-electron chi connectivity index (χ1n) is 5.88. The molecule has 3 aromatic rings. The van der Waals surface area contributed by atoms with E-state index in [1.807, 2.05) is 43.3 Å². The van der Waals surface area contributed by atoms with Gasteiger partial charge in [0.2, 0.25) is 0 Å². The van der Waals surface area contributed by atoms with Gasteiger partial charge in [-0.15, -0.1) is 0 Å². The van der Waals surface area contributed by atoms with E-state index in [0.29, 0.717) is 11.0 Å². The van der Waals surface area contributed by atoms with Crippen molar-refractivity contribution < 1.29 is 4.42 Å². The molecule has 2 heterocycles. The van der Waals surface area contributed by atoms with Crippen molar-refractivity contribution in [3.8, 4) is 22.6 Å². The van der Waals surface area contributed by atoms with Gasteiger partial charge < -0.3 is 4.42 Å². The van der Waals surface area contributed by atoms with Crippen molar-refractivity contribution in [3.63, 3.8) is 0 Å². The monoisotopic (exact) mass is 270 g/mol. The number of rotatable bonds is 2. The van der Waals surface area contributed by atoms with Crippen molar-refractivity contribution in [3.05, 3.63) is 59.6 Å². The van der Waals surface area contributed by atoms with Crippen LogP contribution in [0.3, 0.4) is 0 Å². The number of nitrogens with zero attached hydrogens (tertiary/aromatic N) is 2. The predicted octanol–water partition coefficient (Wildman–Crippen LogP) is 4.37. The van der Waals surface area contributed by atoms with Crippen molar-refractivity contribution in [2.75, 3.05) is 0 Å². The zero-order valence-corrected chi connectivity index (χ0v) is 11.1. The highest BCUT2D eigenvalue weighted by atomic mass is 35.5. The number of aromatic nitrogens is 2. The van der Waals surface area contributed by atoms with Crippen molar-refractivity contribution in [1.82, 2.24) is 9.97 Å². The van der Waals surface area contributed by atoms with Gasteiger partial charge in [0.15, 0.2) is 5.82 Å². The minimum Gasteiger partial charge on any atom is -0.472 e. The Balaban J connectivity index is 2.20. The van der Waals surface area contributed by atoms with E-state index in [2.05, 4.69) is 9.97 Å². The molecule has 0 amide bonds. The lowest BCUT2D eigenvalue weighted by Crippen LogP contribution is -1.96. The first kappa shape index (κ1) is 11.9. The molecule has 0 unspecified atom stereocenters. The van der Waals surface area contributed by atoms with E-state index in [0.717, 1.165) is 22.4 Å². The summed E-state index contributed by atoms with van der Waals surface area (Å²) in [5.41, 5.74) is 3.56. The van der Waals surface area contributed by atoms with Gasteiger partial charge in [-0.3, -0.25) is 0 Å². The molecule has 0 saturated carbocycles. The predicted molar refractivity (Wildman–Crippen MR) is 74.9 cm³/mol. The zero-order chi connectivity index (χ0) is 13.2. The van der Waals surface area contributed by atoms with Crippen molar-refractivity contribution in [1.29, 1.82) is 0 Å². The second-order valence-corrected chi connectivity index (χ2v) is 4.55. The lowest BCUT2D eigenvalue weighted by atomic mass is 10.1. The van der Waals surface area contributed by atoms with Gasteiger partial charge in [-0.1, -0.05) is 41.9 Å². The molecule has 0 atom stereocenters. The lowest BCUT2D eigenvalue weighted by Gasteiger charge is -2.08. The average molecular weight is 271 g/mol. The second kappa shape index (κ2) is 4.86. The van der Waals surface area contributed by atoms with E-state index in [-0.39, 0.29) is 0 Å². The maximum Gasteiger partial charge on any atom is 0.164 e. The Bertz CT molecular complexity index is 694. The highest BCUT2D eigenvalue weighted by Crippen LogP contribution is 2.28. The van der Waals surface area contributed by atoms with Gasteiger partial charge in [0, 0.05) is 11.1 Å². The first-order valence-corrected chi connectivity index (χ1v) is 6.25. The van der Waals surface area contributed by atoms with Crippen LogP contribution >= 0.6 is 11.6 Å². The summed E-state index contributed by atoms with van der Waals surface area (Å²) in [4.78, 5) is 8.89. The molecule has 2 aromatic heterocycles. The molecule has 0 saturated heterocycles. The van der Waals surface area contributed by atoms with Gasteiger partial charge in [-0.25, -0.2) is 9.97 Å². The van der Waals surface area contributed by atoms with Crippen molar-refractivity contribution in [2.45, 2.75) is 6.92 Å². The summed E-state index contributed by atoms with van der Waals surface area (Å²) < 4.78 is 5.06. The standard InChI is InChI=1S/C15H11ClN2O/c1-10-13(11-5-3-2-4-6-11)17-15(18-14(10)16)12-7-8-19-9-12/h2-9H,1H3. The highest BCUT2D eigenvalue weighted by molar-refractivity contribution is 6.30. The Morgan fingerprint density at radius 2 is 1.79 bits per heavy atom. The third kappa shape index (κ3) is 2.25. The Morgan fingerprint density at radius 3 is 2.47 bits per heavy atom. The summed E-state index contributed by atoms with van der Waals surface area (Å²) in [5.74, 6) is 0.572. The Hall–Kier alpha value is -2.13. The van der Waals surface area contributed by atoms with Gasteiger partial charge >= 0.3 is 0 Å². The van der Waals surface area contributed by atoms with Gasteiger partial charge in [-0.2, -0.15) is 0 Å². The van der Waals surface area contributed by atoms with E-state index >= 15 is 0 Å². The minimum atomic E-state index is 0.463. The van der Waals surface area contributed by atoms with Crippen LogP contribution in [0.25, 0.3) is 22.6 Å². The molecule has 3 rings (SSSR count). The van der Waals surface area contributed by atoms with Gasteiger partial charge in [0.05, 0.1) is 17.5 Å². The maximum atomic E-state index is 6.20. The van der Waals surface area contributed by atoms with E-state index in [1.54, 1.807) is 12.5 Å². The Labute approximate surface area is 115 Å². The molecule has 0 aliphatic carbocycles. The summed E-state index contributed by atoms with van der Waals surface area (Å²) in [5, 5.41) is 0.463. The van der Waals surface area contributed by atoms with Gasteiger partial charge in [0.25, 0.3) is 0 Å². The lowest BCUT2D eigenvalue weighted by molar-refractivity contribution is 0.568. The van der Waals surface area contributed by atoms with Crippen LogP contribution in [0.15, 0.2) is 53.3 Å². The molecule has 0 aliphatic heterocycles. The van der Waals surface area contributed by atoms with E-state index in [4.69, 9.17) is 16.0 Å². The van der Waals surface area contributed by atoms with Crippen molar-refractivity contribution in [2.24, 2.45) is 0 Å². The van der Waals surface area contributed by atoms with Crippen LogP contribution in [-0.4, -0.2) is 9.97 Å². The molecule has 0 bridgehead atoms. The maximum absolute atomic E-state index is 6.20. The zero-order valence-electron chi connectivity index (χ0n) is 10.3. The summed E-state index contributed by atoms with van der Waals surface area (Å²) in [6.45, 7) is 1.92. The largest absolute Gasteiger partial charge is 0.472 e. The molecule has 3 nitrogen and oxygen atoms in total. The normalized spacial score (nSPS) is 10.6. The van der Waals surface area contributed by atoms with Crippen LogP contribution in [0.1, 0.15) is 5.56 Å². The number of hydrogen-bond donors (Lipinski definition) is 0. The fraction of sp³-hybridized carbons (Fsp3) is 0.0667. The van der Waals surface area contributed by atoms with Crippen LogP contribution in [0.4, 0.5) is 0 Å². The minimum absolute atomic E-state index is 0.463. The number of halogens is 1. The Morgan fingerprint density at radius 1 is 1.00 bits per heavy atom. The highest BCUT2D eigenvalue weighted by Gasteiger charge is 2.12. The van der Waals surface area contributed by atoms with Crippen LogP contribution in [0.5, 0.6) is 0 Å². The summed E-state index contributed by atoms with van der Waals surface area (Å²) >= 11 is 6.20. The number of benzene rings is 1. The fourth-order valence-corrected chi connectivity index (χ4v) is 2.06. The third-order valence-corrected chi connectivity index (χ3v) is 3.28. The molecule has 0 aliphatic rings. The van der Waals surface area contributed by atoms with E-state index in [9.17, 15) is 0 Å². The van der Waals surface area contributed by atoms with E-state index in [1.165, 1.54) is 0 Å². The van der Waals surface area contributed by atoms with Crippen LogP contribution < -0.4 is 0 Å². The van der Waals surface area contributed by atoms with Gasteiger partial charge in [-0.05, 0) is 13.0 Å². The smallest absolute Gasteiger partial charge is 0.164 e. The molecule has 0 radical (unpaired) electrons. The Kier molecular flexibility index (Phi) is 3.05. The second-order valence-electron chi connectivity index (χ2n) is 4.19. The quantitative estimate of drug-likeness (QED) is 0.649. The van der Waals surface area contributed by atoms with Crippen LogP contribution in [-0.2, 0) is 0 Å². The van der Waals surface area contributed by atoms with E-state index < -0.39 is 0 Å². The summed E-state index contributed by atoms with van der Waals surface area (Å²) in [6.07, 6.45) is 3.20. The average Bonchev–Trinajstić information content (AvgIpc) is 2.97. The third-order valence-electron chi connectivity index (χ3n) is 2.91. The molecule has 1 aromatic carbocycles. The summed E-state index contributed by atoms with van der Waals surface area (Å²) in [6, 6.07) is 11.7. The van der Waals surface area contributed by atoms with Gasteiger partial charge in [0.1, 0.15) is 11.4 Å². The number of hydrogen-bond acceptors (Lipinski definition) is 3. The number of furan rings is 1. The molecule has 0 fully saturated rings. The summed E-state index contributed by atoms with van der Waals surface area (Å²) in [7, 11) is 0. The molecule has 0 N–H and O–H groups in total. The van der Waals surface area contributed by atoms with Crippen LogP contribution in [0, 0.1) is 6.92 Å². The molecule has 19 heavy (non-hydrogen) atoms. The molecule has 0 spiro atoms. The fourth-order valence-electron chi connectivity index (χ4n) is 1.89. The van der Waals surface area contributed by atoms with Crippen molar-refractivity contribution >= 4 is 11.6 Å². The molecular formula is C15H11ClN2O. The molecule has 94 valence electrons. The first-order chi connectivity index (χ1) is 9.25. The topological polar surface area (TPSA) is 38.9 Å².